The Morgan fingerprint density at radius 2 is 2.17 bits per heavy atom. The fourth-order valence-electron chi connectivity index (χ4n) is 2.69. The van der Waals surface area contributed by atoms with Crippen LogP contribution in [0.1, 0.15) is 37.8 Å². The van der Waals surface area contributed by atoms with Crippen LogP contribution in [-0.4, -0.2) is 29.9 Å². The lowest BCUT2D eigenvalue weighted by Crippen LogP contribution is -2.44. The van der Waals surface area contributed by atoms with E-state index in [-0.39, 0.29) is 17.9 Å². The lowest BCUT2D eigenvalue weighted by molar-refractivity contribution is -0.134. The first-order valence-electron chi connectivity index (χ1n) is 6.74. The molecule has 1 heterocycles. The molecule has 0 fully saturated rings. The van der Waals surface area contributed by atoms with Crippen molar-refractivity contribution in [3.63, 3.8) is 0 Å². The van der Waals surface area contributed by atoms with Crippen LogP contribution in [0.4, 0.5) is 0 Å². The van der Waals surface area contributed by atoms with Crippen LogP contribution in [0.25, 0.3) is 0 Å². The molecular formula is C15H22N2O. The van der Waals surface area contributed by atoms with E-state index in [1.165, 1.54) is 11.1 Å². The van der Waals surface area contributed by atoms with Gasteiger partial charge in [-0.25, -0.2) is 0 Å². The smallest absolute Gasteiger partial charge is 0.231 e. The maximum Gasteiger partial charge on any atom is 0.231 e. The van der Waals surface area contributed by atoms with Crippen molar-refractivity contribution in [3.05, 3.63) is 35.4 Å². The molecule has 0 spiro atoms. The number of nitrogens with zero attached hydrogens (tertiary/aromatic N) is 1. The van der Waals surface area contributed by atoms with E-state index in [4.69, 9.17) is 0 Å². The van der Waals surface area contributed by atoms with E-state index in [2.05, 4.69) is 31.3 Å². The highest BCUT2D eigenvalue weighted by Gasteiger charge is 2.29. The number of benzene rings is 1. The van der Waals surface area contributed by atoms with Crippen molar-refractivity contribution >= 4 is 5.91 Å². The minimum absolute atomic E-state index is 0.0303. The number of carbonyl (C=O) groups is 1. The molecule has 1 aromatic rings. The summed E-state index contributed by atoms with van der Waals surface area (Å²) in [5, 5.41) is 3.34. The number of hydrogen-bond donors (Lipinski definition) is 1. The van der Waals surface area contributed by atoms with Crippen LogP contribution in [-0.2, 0) is 11.3 Å². The first-order valence-corrected chi connectivity index (χ1v) is 6.74. The van der Waals surface area contributed by atoms with E-state index < -0.39 is 0 Å². The Morgan fingerprint density at radius 3 is 2.83 bits per heavy atom. The molecule has 1 aliphatic heterocycles. The topological polar surface area (TPSA) is 32.3 Å². The van der Waals surface area contributed by atoms with Crippen molar-refractivity contribution in [3.8, 4) is 0 Å². The highest BCUT2D eigenvalue weighted by molar-refractivity contribution is 5.85. The molecule has 3 nitrogen and oxygen atoms in total. The number of nitrogens with one attached hydrogen (secondary N) is 1. The summed E-state index contributed by atoms with van der Waals surface area (Å²) in [6.07, 6.45) is 0. The average Bonchev–Trinajstić information content (AvgIpc) is 2.38. The standard InChI is InChI=1S/C15H22N2O/c1-4-17(11(2)3)15(18)14-10-16-9-12-7-5-6-8-13(12)14/h5-8,11,14,16H,4,9-10H2,1-3H3. The van der Waals surface area contributed by atoms with Crippen LogP contribution in [0.5, 0.6) is 0 Å². The predicted molar refractivity (Wildman–Crippen MR) is 73.4 cm³/mol. The lowest BCUT2D eigenvalue weighted by Gasteiger charge is -2.33. The van der Waals surface area contributed by atoms with Gasteiger partial charge in [0.15, 0.2) is 0 Å². The molecule has 1 N–H and O–H groups in total. The van der Waals surface area contributed by atoms with Crippen molar-refractivity contribution < 1.29 is 4.79 Å². The minimum Gasteiger partial charge on any atom is -0.340 e. The van der Waals surface area contributed by atoms with Crippen LogP contribution in [0.3, 0.4) is 0 Å². The Balaban J connectivity index is 2.27. The molecule has 0 aliphatic carbocycles. The number of fused-ring (bicyclic) bond motifs is 1. The van der Waals surface area contributed by atoms with E-state index in [1.54, 1.807) is 0 Å². The van der Waals surface area contributed by atoms with Gasteiger partial charge in [0.05, 0.1) is 5.92 Å². The van der Waals surface area contributed by atoms with E-state index in [1.807, 2.05) is 24.0 Å². The van der Waals surface area contributed by atoms with Crippen LogP contribution in [0.15, 0.2) is 24.3 Å². The molecule has 0 bridgehead atoms. The van der Waals surface area contributed by atoms with Gasteiger partial charge >= 0.3 is 0 Å². The Labute approximate surface area is 109 Å². The molecule has 1 aliphatic rings. The van der Waals surface area contributed by atoms with Gasteiger partial charge in [0.2, 0.25) is 5.91 Å². The lowest BCUT2D eigenvalue weighted by atomic mass is 9.89. The zero-order valence-corrected chi connectivity index (χ0v) is 11.4. The van der Waals surface area contributed by atoms with Gasteiger partial charge in [0, 0.05) is 25.7 Å². The third-order valence-corrected chi connectivity index (χ3v) is 3.64. The van der Waals surface area contributed by atoms with Crippen LogP contribution >= 0.6 is 0 Å². The second-order valence-corrected chi connectivity index (χ2v) is 5.10. The van der Waals surface area contributed by atoms with E-state index in [9.17, 15) is 4.79 Å². The van der Waals surface area contributed by atoms with Gasteiger partial charge in [-0.05, 0) is 31.9 Å². The third-order valence-electron chi connectivity index (χ3n) is 3.64. The first kappa shape index (κ1) is 13.1. The second-order valence-electron chi connectivity index (χ2n) is 5.10. The highest BCUT2D eigenvalue weighted by atomic mass is 16.2. The molecule has 18 heavy (non-hydrogen) atoms. The molecular weight excluding hydrogens is 224 g/mol. The summed E-state index contributed by atoms with van der Waals surface area (Å²) in [6.45, 7) is 8.58. The van der Waals surface area contributed by atoms with Crippen LogP contribution < -0.4 is 5.32 Å². The molecule has 98 valence electrons. The zero-order chi connectivity index (χ0) is 13.1. The Morgan fingerprint density at radius 1 is 1.44 bits per heavy atom. The third kappa shape index (κ3) is 2.41. The van der Waals surface area contributed by atoms with Gasteiger partial charge in [0.1, 0.15) is 0 Å². The summed E-state index contributed by atoms with van der Waals surface area (Å²) in [5.41, 5.74) is 2.45. The van der Waals surface area contributed by atoms with Crippen molar-refractivity contribution in [1.29, 1.82) is 0 Å². The first-order chi connectivity index (χ1) is 8.65. The largest absolute Gasteiger partial charge is 0.340 e. The summed E-state index contributed by atoms with van der Waals surface area (Å²) in [6, 6.07) is 8.51. The number of carbonyl (C=O) groups excluding carboxylic acids is 1. The average molecular weight is 246 g/mol. The molecule has 0 radical (unpaired) electrons. The van der Waals surface area contributed by atoms with Crippen LogP contribution in [0.2, 0.25) is 0 Å². The van der Waals surface area contributed by atoms with Crippen molar-refractivity contribution in [2.75, 3.05) is 13.1 Å². The molecule has 3 heteroatoms. The number of hydrogen-bond acceptors (Lipinski definition) is 2. The molecule has 0 aromatic heterocycles. The fourth-order valence-corrected chi connectivity index (χ4v) is 2.69. The Kier molecular flexibility index (Phi) is 4.02. The summed E-state index contributed by atoms with van der Waals surface area (Å²) in [4.78, 5) is 14.6. The second kappa shape index (κ2) is 5.53. The minimum atomic E-state index is -0.0303. The van der Waals surface area contributed by atoms with E-state index in [0.29, 0.717) is 0 Å². The van der Waals surface area contributed by atoms with Gasteiger partial charge < -0.3 is 10.2 Å². The van der Waals surface area contributed by atoms with E-state index >= 15 is 0 Å². The van der Waals surface area contributed by atoms with E-state index in [0.717, 1.165) is 19.6 Å². The van der Waals surface area contributed by atoms with Crippen molar-refractivity contribution in [2.45, 2.75) is 39.3 Å². The summed E-state index contributed by atoms with van der Waals surface area (Å²) in [7, 11) is 0. The molecule has 1 atom stereocenters. The molecule has 0 saturated carbocycles. The van der Waals surface area contributed by atoms with Crippen LogP contribution in [0, 0.1) is 0 Å². The zero-order valence-electron chi connectivity index (χ0n) is 11.4. The Bertz CT molecular complexity index is 428. The summed E-state index contributed by atoms with van der Waals surface area (Å²) in [5.74, 6) is 0.212. The van der Waals surface area contributed by atoms with Gasteiger partial charge in [-0.1, -0.05) is 24.3 Å². The SMILES string of the molecule is CCN(C(=O)C1CNCc2ccccc21)C(C)C. The summed E-state index contributed by atoms with van der Waals surface area (Å²) >= 11 is 0. The Hall–Kier alpha value is -1.35. The molecule has 2 rings (SSSR count). The van der Waals surface area contributed by atoms with Gasteiger partial charge in [0.25, 0.3) is 0 Å². The number of likely N-dealkylation sites (N-methyl/N-ethyl adjacent to an activating group) is 1. The molecule has 1 unspecified atom stereocenters. The molecule has 0 saturated heterocycles. The predicted octanol–water partition coefficient (Wildman–Crippen LogP) is 2.13. The number of amides is 1. The molecule has 1 aromatic carbocycles. The maximum atomic E-state index is 12.6. The van der Waals surface area contributed by atoms with Crippen molar-refractivity contribution in [1.82, 2.24) is 10.2 Å². The summed E-state index contributed by atoms with van der Waals surface area (Å²) < 4.78 is 0. The molecule has 1 amide bonds. The van der Waals surface area contributed by atoms with Gasteiger partial charge in [-0.15, -0.1) is 0 Å². The normalized spacial score (nSPS) is 18.6. The van der Waals surface area contributed by atoms with Gasteiger partial charge in [-0.2, -0.15) is 0 Å². The number of rotatable bonds is 3. The fraction of sp³-hybridized carbons (Fsp3) is 0.533. The monoisotopic (exact) mass is 246 g/mol. The van der Waals surface area contributed by atoms with Gasteiger partial charge in [-0.3, -0.25) is 4.79 Å². The highest BCUT2D eigenvalue weighted by Crippen LogP contribution is 2.26. The quantitative estimate of drug-likeness (QED) is 0.886. The van der Waals surface area contributed by atoms with Crippen molar-refractivity contribution in [2.24, 2.45) is 0 Å². The maximum absolute atomic E-state index is 12.6.